The fourth-order valence-corrected chi connectivity index (χ4v) is 3.71. The van der Waals surface area contributed by atoms with E-state index >= 15 is 0 Å². The average molecular weight is 259 g/mol. The van der Waals surface area contributed by atoms with Gasteiger partial charge in [-0.25, -0.2) is 0 Å². The zero-order chi connectivity index (χ0) is 13.8. The van der Waals surface area contributed by atoms with Gasteiger partial charge in [-0.1, -0.05) is 37.0 Å². The molecule has 0 heterocycles. The molecule has 1 unspecified atom stereocenters. The van der Waals surface area contributed by atoms with Crippen molar-refractivity contribution in [2.24, 2.45) is 5.92 Å². The number of hydrogen-bond acceptors (Lipinski definition) is 1. The fraction of sp³-hybridized carbons (Fsp3) is 0.667. The molecule has 1 saturated carbocycles. The molecule has 1 fully saturated rings. The summed E-state index contributed by atoms with van der Waals surface area (Å²) < 4.78 is 0. The third-order valence-electron chi connectivity index (χ3n) is 4.61. The average Bonchev–Trinajstić information content (AvgIpc) is 2.36. The van der Waals surface area contributed by atoms with E-state index in [0.29, 0.717) is 6.04 Å². The van der Waals surface area contributed by atoms with Crippen LogP contribution in [0.4, 0.5) is 0 Å². The van der Waals surface area contributed by atoms with Crippen LogP contribution in [0.3, 0.4) is 0 Å². The van der Waals surface area contributed by atoms with Crippen molar-refractivity contribution in [2.45, 2.75) is 65.8 Å². The summed E-state index contributed by atoms with van der Waals surface area (Å²) in [5.74, 6) is 0.905. The second-order valence-corrected chi connectivity index (χ2v) is 6.45. The lowest BCUT2D eigenvalue weighted by molar-refractivity contribution is 0.331. The normalized spacial score (nSPS) is 18.5. The molecule has 19 heavy (non-hydrogen) atoms. The van der Waals surface area contributed by atoms with Crippen molar-refractivity contribution in [3.8, 4) is 0 Å². The molecule has 0 aromatic heterocycles. The Balaban J connectivity index is 1.97. The molecule has 1 aromatic carbocycles. The van der Waals surface area contributed by atoms with Gasteiger partial charge in [0.2, 0.25) is 0 Å². The van der Waals surface area contributed by atoms with Crippen LogP contribution < -0.4 is 5.32 Å². The molecule has 106 valence electrons. The van der Waals surface area contributed by atoms with Gasteiger partial charge in [-0.15, -0.1) is 0 Å². The van der Waals surface area contributed by atoms with Crippen LogP contribution in [-0.4, -0.2) is 6.54 Å². The first-order chi connectivity index (χ1) is 9.08. The van der Waals surface area contributed by atoms with Crippen LogP contribution in [0.1, 0.15) is 67.3 Å². The first-order valence-corrected chi connectivity index (χ1v) is 7.89. The van der Waals surface area contributed by atoms with Crippen molar-refractivity contribution in [3.63, 3.8) is 0 Å². The van der Waals surface area contributed by atoms with E-state index in [-0.39, 0.29) is 0 Å². The standard InChI is InChI=1S/C18H29N/c1-13-10-14(2)18(15(3)11-13)16(4)19-12-17-8-6-5-7-9-17/h10-11,16-17,19H,5-9,12H2,1-4H3. The van der Waals surface area contributed by atoms with E-state index in [9.17, 15) is 0 Å². The van der Waals surface area contributed by atoms with Crippen LogP contribution in [0.5, 0.6) is 0 Å². The SMILES string of the molecule is Cc1cc(C)c(C(C)NCC2CCCCC2)c(C)c1. The van der Waals surface area contributed by atoms with Crippen LogP contribution in [-0.2, 0) is 0 Å². The van der Waals surface area contributed by atoms with Crippen molar-refractivity contribution in [1.82, 2.24) is 5.32 Å². The maximum atomic E-state index is 3.77. The molecule has 0 aliphatic heterocycles. The second kappa shape index (κ2) is 6.56. The largest absolute Gasteiger partial charge is 0.310 e. The summed E-state index contributed by atoms with van der Waals surface area (Å²) in [5.41, 5.74) is 5.74. The number of hydrogen-bond donors (Lipinski definition) is 1. The lowest BCUT2D eigenvalue weighted by Gasteiger charge is -2.25. The van der Waals surface area contributed by atoms with Gasteiger partial charge in [0, 0.05) is 6.04 Å². The molecule has 1 aromatic rings. The highest BCUT2D eigenvalue weighted by Gasteiger charge is 2.16. The van der Waals surface area contributed by atoms with E-state index in [4.69, 9.17) is 0 Å². The van der Waals surface area contributed by atoms with Crippen LogP contribution in [0.15, 0.2) is 12.1 Å². The number of benzene rings is 1. The second-order valence-electron chi connectivity index (χ2n) is 6.45. The van der Waals surface area contributed by atoms with Crippen LogP contribution in [0, 0.1) is 26.7 Å². The van der Waals surface area contributed by atoms with E-state index in [1.54, 1.807) is 0 Å². The minimum Gasteiger partial charge on any atom is -0.310 e. The monoisotopic (exact) mass is 259 g/mol. The summed E-state index contributed by atoms with van der Waals surface area (Å²) in [6.45, 7) is 10.2. The zero-order valence-corrected chi connectivity index (χ0v) is 13.1. The zero-order valence-electron chi connectivity index (χ0n) is 13.1. The first kappa shape index (κ1) is 14.6. The Labute approximate surface area is 118 Å². The molecular formula is C18H29N. The summed E-state index contributed by atoms with van der Waals surface area (Å²) in [5, 5.41) is 3.77. The third-order valence-corrected chi connectivity index (χ3v) is 4.61. The van der Waals surface area contributed by atoms with Gasteiger partial charge in [0.05, 0.1) is 0 Å². The molecule has 1 N–H and O–H groups in total. The minimum absolute atomic E-state index is 0.475. The smallest absolute Gasteiger partial charge is 0.0297 e. The van der Waals surface area contributed by atoms with Gasteiger partial charge >= 0.3 is 0 Å². The van der Waals surface area contributed by atoms with Gasteiger partial charge in [0.1, 0.15) is 0 Å². The number of rotatable bonds is 4. The number of nitrogens with one attached hydrogen (secondary N) is 1. The Hall–Kier alpha value is -0.820. The maximum absolute atomic E-state index is 3.77. The Morgan fingerprint density at radius 3 is 2.21 bits per heavy atom. The van der Waals surface area contributed by atoms with Crippen molar-refractivity contribution >= 4 is 0 Å². The lowest BCUT2D eigenvalue weighted by Crippen LogP contribution is -2.27. The minimum atomic E-state index is 0.475. The summed E-state index contributed by atoms with van der Waals surface area (Å²) in [4.78, 5) is 0. The topological polar surface area (TPSA) is 12.0 Å². The highest BCUT2D eigenvalue weighted by atomic mass is 14.9. The van der Waals surface area contributed by atoms with Gasteiger partial charge in [-0.05, 0) is 69.7 Å². The summed E-state index contributed by atoms with van der Waals surface area (Å²) in [7, 11) is 0. The van der Waals surface area contributed by atoms with E-state index in [0.717, 1.165) is 5.92 Å². The maximum Gasteiger partial charge on any atom is 0.0297 e. The van der Waals surface area contributed by atoms with E-state index in [1.807, 2.05) is 0 Å². The van der Waals surface area contributed by atoms with Gasteiger partial charge < -0.3 is 5.32 Å². The molecule has 1 heteroatoms. The lowest BCUT2D eigenvalue weighted by atomic mass is 9.88. The van der Waals surface area contributed by atoms with Crippen LogP contribution in [0.25, 0.3) is 0 Å². The summed E-state index contributed by atoms with van der Waals surface area (Å²) in [6, 6.07) is 5.09. The summed E-state index contributed by atoms with van der Waals surface area (Å²) >= 11 is 0. The Morgan fingerprint density at radius 1 is 1.05 bits per heavy atom. The Bertz CT molecular complexity index is 393. The third kappa shape index (κ3) is 3.82. The first-order valence-electron chi connectivity index (χ1n) is 7.89. The molecule has 2 rings (SSSR count). The molecule has 0 bridgehead atoms. The molecular weight excluding hydrogens is 230 g/mol. The van der Waals surface area contributed by atoms with E-state index < -0.39 is 0 Å². The Kier molecular flexibility index (Phi) is 5.04. The van der Waals surface area contributed by atoms with Crippen molar-refractivity contribution in [1.29, 1.82) is 0 Å². The van der Waals surface area contributed by atoms with Gasteiger partial charge in [0.25, 0.3) is 0 Å². The van der Waals surface area contributed by atoms with Gasteiger partial charge in [-0.3, -0.25) is 0 Å². The molecule has 0 spiro atoms. The van der Waals surface area contributed by atoms with Crippen molar-refractivity contribution in [2.75, 3.05) is 6.54 Å². The molecule has 1 aliphatic rings. The molecule has 1 atom stereocenters. The molecule has 1 nitrogen and oxygen atoms in total. The van der Waals surface area contributed by atoms with E-state index in [2.05, 4.69) is 45.1 Å². The van der Waals surface area contributed by atoms with Crippen molar-refractivity contribution in [3.05, 3.63) is 34.4 Å². The molecule has 0 saturated heterocycles. The van der Waals surface area contributed by atoms with E-state index in [1.165, 1.54) is 60.9 Å². The summed E-state index contributed by atoms with van der Waals surface area (Å²) in [6.07, 6.45) is 7.16. The Morgan fingerprint density at radius 2 is 1.63 bits per heavy atom. The van der Waals surface area contributed by atoms with Crippen LogP contribution >= 0.6 is 0 Å². The predicted molar refractivity (Wildman–Crippen MR) is 83.6 cm³/mol. The molecule has 0 radical (unpaired) electrons. The predicted octanol–water partition coefficient (Wildman–Crippen LogP) is 4.84. The molecule has 1 aliphatic carbocycles. The highest BCUT2D eigenvalue weighted by Crippen LogP contribution is 2.26. The van der Waals surface area contributed by atoms with Gasteiger partial charge in [-0.2, -0.15) is 0 Å². The fourth-order valence-electron chi connectivity index (χ4n) is 3.71. The van der Waals surface area contributed by atoms with Crippen molar-refractivity contribution < 1.29 is 0 Å². The number of aryl methyl sites for hydroxylation is 3. The van der Waals surface area contributed by atoms with Crippen LogP contribution in [0.2, 0.25) is 0 Å². The molecule has 0 amide bonds. The quantitative estimate of drug-likeness (QED) is 0.815. The van der Waals surface area contributed by atoms with Gasteiger partial charge in [0.15, 0.2) is 0 Å². The highest BCUT2D eigenvalue weighted by molar-refractivity contribution is 5.39.